The number of benzene rings is 2. The van der Waals surface area contributed by atoms with Crippen LogP contribution in [0.1, 0.15) is 6.92 Å². The highest BCUT2D eigenvalue weighted by molar-refractivity contribution is 5.84. The first kappa shape index (κ1) is 14.8. The summed E-state index contributed by atoms with van der Waals surface area (Å²) in [6.07, 6.45) is 0. The molecule has 0 saturated heterocycles. The molecule has 2 aromatic carbocycles. The molecule has 0 fully saturated rings. The first-order valence-corrected chi connectivity index (χ1v) is 6.99. The fraction of sp³-hybridized carbons (Fsp3) is 0.111. The lowest BCUT2D eigenvalue weighted by Gasteiger charge is -2.10. The molecule has 0 aliphatic rings. The monoisotopic (exact) mass is 310 g/mol. The summed E-state index contributed by atoms with van der Waals surface area (Å²) in [6, 6.07) is 13.9. The van der Waals surface area contributed by atoms with Gasteiger partial charge >= 0.3 is 5.97 Å². The zero-order chi connectivity index (χ0) is 16.4. The van der Waals surface area contributed by atoms with E-state index in [9.17, 15) is 9.59 Å². The van der Waals surface area contributed by atoms with Gasteiger partial charge in [-0.1, -0.05) is 30.3 Å². The number of hydrogen-bond acceptors (Lipinski definition) is 5. The Morgan fingerprint density at radius 2 is 1.83 bits per heavy atom. The average molecular weight is 310 g/mol. The molecule has 23 heavy (non-hydrogen) atoms. The molecule has 116 valence electrons. The van der Waals surface area contributed by atoms with Gasteiger partial charge in [0.25, 0.3) is 0 Å². The number of esters is 1. The fourth-order valence-electron chi connectivity index (χ4n) is 2.30. The summed E-state index contributed by atoms with van der Waals surface area (Å²) in [5.41, 5.74) is 0.609. The van der Waals surface area contributed by atoms with E-state index in [4.69, 9.17) is 13.9 Å². The van der Waals surface area contributed by atoms with E-state index in [1.165, 1.54) is 14.0 Å². The van der Waals surface area contributed by atoms with Crippen molar-refractivity contribution in [2.45, 2.75) is 6.92 Å². The zero-order valence-electron chi connectivity index (χ0n) is 12.7. The van der Waals surface area contributed by atoms with Crippen LogP contribution in [-0.2, 0) is 4.79 Å². The maximum Gasteiger partial charge on any atom is 0.308 e. The van der Waals surface area contributed by atoms with E-state index >= 15 is 0 Å². The third kappa shape index (κ3) is 2.81. The van der Waals surface area contributed by atoms with Crippen molar-refractivity contribution in [3.8, 4) is 22.8 Å². The summed E-state index contributed by atoms with van der Waals surface area (Å²) >= 11 is 0. The number of carbonyl (C=O) groups excluding carboxylic acids is 1. The van der Waals surface area contributed by atoms with Crippen LogP contribution in [0.5, 0.6) is 11.5 Å². The minimum atomic E-state index is -0.581. The van der Waals surface area contributed by atoms with Crippen molar-refractivity contribution in [3.05, 3.63) is 58.8 Å². The highest BCUT2D eigenvalue weighted by Gasteiger charge is 2.19. The Morgan fingerprint density at radius 3 is 2.48 bits per heavy atom. The predicted molar refractivity (Wildman–Crippen MR) is 85.8 cm³/mol. The molecule has 0 bridgehead atoms. The molecule has 0 amide bonds. The third-order valence-corrected chi connectivity index (χ3v) is 3.34. The summed E-state index contributed by atoms with van der Waals surface area (Å²) < 4.78 is 16.1. The minimum absolute atomic E-state index is 0.110. The van der Waals surface area contributed by atoms with Crippen LogP contribution in [0.25, 0.3) is 22.3 Å². The van der Waals surface area contributed by atoms with Gasteiger partial charge in [0.05, 0.1) is 12.5 Å². The molecule has 0 N–H and O–H groups in total. The van der Waals surface area contributed by atoms with Crippen LogP contribution in [0, 0.1) is 0 Å². The van der Waals surface area contributed by atoms with Gasteiger partial charge in [-0.3, -0.25) is 9.59 Å². The van der Waals surface area contributed by atoms with Gasteiger partial charge in [0.1, 0.15) is 11.3 Å². The van der Waals surface area contributed by atoms with Crippen molar-refractivity contribution in [2.24, 2.45) is 0 Å². The van der Waals surface area contributed by atoms with Crippen molar-refractivity contribution in [1.82, 2.24) is 0 Å². The number of hydrogen-bond donors (Lipinski definition) is 0. The van der Waals surface area contributed by atoms with E-state index in [0.29, 0.717) is 22.3 Å². The average Bonchev–Trinajstić information content (AvgIpc) is 2.57. The molecule has 1 aromatic heterocycles. The largest absolute Gasteiger partial charge is 0.497 e. The normalized spacial score (nSPS) is 10.5. The van der Waals surface area contributed by atoms with Gasteiger partial charge in [-0.25, -0.2) is 0 Å². The molecule has 0 radical (unpaired) electrons. The Morgan fingerprint density at radius 1 is 1.09 bits per heavy atom. The SMILES string of the molecule is COc1ccc2c(=O)c(OC(C)=O)c(-c3ccccc3)oc2c1. The van der Waals surface area contributed by atoms with E-state index in [1.54, 1.807) is 30.3 Å². The van der Waals surface area contributed by atoms with Crippen LogP contribution >= 0.6 is 0 Å². The molecule has 0 unspecified atom stereocenters. The van der Waals surface area contributed by atoms with Crippen LogP contribution in [-0.4, -0.2) is 13.1 Å². The van der Waals surface area contributed by atoms with Crippen molar-refractivity contribution in [1.29, 1.82) is 0 Å². The Labute approximate surface area is 132 Å². The lowest BCUT2D eigenvalue weighted by Crippen LogP contribution is -2.13. The zero-order valence-corrected chi connectivity index (χ0v) is 12.7. The standard InChI is InChI=1S/C18H14O5/c1-11(19)22-18-16(20)14-9-8-13(21-2)10-15(14)23-17(18)12-6-4-3-5-7-12/h3-10H,1-2H3. The van der Waals surface area contributed by atoms with Gasteiger partial charge in [-0.15, -0.1) is 0 Å². The first-order valence-electron chi connectivity index (χ1n) is 6.99. The topological polar surface area (TPSA) is 65.7 Å². The Bertz CT molecular complexity index is 925. The summed E-state index contributed by atoms with van der Waals surface area (Å²) in [4.78, 5) is 24.0. The van der Waals surface area contributed by atoms with Gasteiger partial charge < -0.3 is 13.9 Å². The van der Waals surface area contributed by atoms with Crippen molar-refractivity contribution >= 4 is 16.9 Å². The molecule has 0 atom stereocenters. The highest BCUT2D eigenvalue weighted by Crippen LogP contribution is 2.32. The van der Waals surface area contributed by atoms with Crippen LogP contribution in [0.2, 0.25) is 0 Å². The predicted octanol–water partition coefficient (Wildman–Crippen LogP) is 3.39. The van der Waals surface area contributed by atoms with Gasteiger partial charge in [0, 0.05) is 18.6 Å². The number of rotatable bonds is 3. The second-order valence-electron chi connectivity index (χ2n) is 4.91. The molecule has 1 heterocycles. The van der Waals surface area contributed by atoms with E-state index in [0.717, 1.165) is 0 Å². The third-order valence-electron chi connectivity index (χ3n) is 3.34. The van der Waals surface area contributed by atoms with Crippen LogP contribution in [0.15, 0.2) is 57.7 Å². The Hall–Kier alpha value is -3.08. The molecule has 0 saturated carbocycles. The van der Waals surface area contributed by atoms with Crippen molar-refractivity contribution < 1.29 is 18.7 Å². The first-order chi connectivity index (χ1) is 11.1. The van der Waals surface area contributed by atoms with E-state index < -0.39 is 11.4 Å². The number of fused-ring (bicyclic) bond motifs is 1. The quantitative estimate of drug-likeness (QED) is 0.694. The maximum atomic E-state index is 12.7. The molecule has 3 aromatic rings. The van der Waals surface area contributed by atoms with E-state index in [2.05, 4.69) is 0 Å². The van der Waals surface area contributed by atoms with Crippen molar-refractivity contribution in [2.75, 3.05) is 7.11 Å². The molecule has 0 aliphatic carbocycles. The highest BCUT2D eigenvalue weighted by atomic mass is 16.5. The summed E-state index contributed by atoms with van der Waals surface area (Å²) in [5, 5.41) is 0.321. The number of carbonyl (C=O) groups is 1. The van der Waals surface area contributed by atoms with Gasteiger partial charge in [0.15, 0.2) is 5.76 Å². The van der Waals surface area contributed by atoms with Crippen LogP contribution in [0.3, 0.4) is 0 Å². The van der Waals surface area contributed by atoms with Gasteiger partial charge in [-0.05, 0) is 12.1 Å². The molecule has 0 spiro atoms. The number of ether oxygens (including phenoxy) is 2. The van der Waals surface area contributed by atoms with Crippen LogP contribution in [0.4, 0.5) is 0 Å². The van der Waals surface area contributed by atoms with E-state index in [1.807, 2.05) is 18.2 Å². The molecule has 0 aliphatic heterocycles. The second-order valence-corrected chi connectivity index (χ2v) is 4.91. The molecule has 5 nitrogen and oxygen atoms in total. The molecule has 5 heteroatoms. The molecular weight excluding hydrogens is 296 g/mol. The van der Waals surface area contributed by atoms with Gasteiger partial charge in [0.2, 0.25) is 11.2 Å². The Kier molecular flexibility index (Phi) is 3.85. The summed E-state index contributed by atoms with van der Waals surface area (Å²) in [7, 11) is 1.53. The smallest absolute Gasteiger partial charge is 0.308 e. The van der Waals surface area contributed by atoms with Gasteiger partial charge in [-0.2, -0.15) is 0 Å². The number of methoxy groups -OCH3 is 1. The lowest BCUT2D eigenvalue weighted by molar-refractivity contribution is -0.131. The maximum absolute atomic E-state index is 12.7. The summed E-state index contributed by atoms with van der Waals surface area (Å²) in [6.45, 7) is 1.24. The fourth-order valence-corrected chi connectivity index (χ4v) is 2.30. The molecular formula is C18H14O5. The lowest BCUT2D eigenvalue weighted by atomic mass is 10.1. The van der Waals surface area contributed by atoms with E-state index in [-0.39, 0.29) is 11.5 Å². The van der Waals surface area contributed by atoms with Crippen molar-refractivity contribution in [3.63, 3.8) is 0 Å². The Balaban J connectivity index is 2.34. The summed E-state index contributed by atoms with van der Waals surface area (Å²) in [5.74, 6) is 0.0927. The molecule has 3 rings (SSSR count). The minimum Gasteiger partial charge on any atom is -0.497 e. The van der Waals surface area contributed by atoms with Crippen LogP contribution < -0.4 is 14.9 Å². The second kappa shape index (κ2) is 5.96.